The molecule has 0 bridgehead atoms. The normalized spacial score (nSPS) is 11.9. The predicted molar refractivity (Wildman–Crippen MR) is 137 cm³/mol. The second-order valence-corrected chi connectivity index (χ2v) is 8.80. The molecule has 8 heteroatoms. The minimum Gasteiger partial charge on any atom is -0.487 e. The number of aromatic nitrogens is 1. The molecule has 0 aliphatic rings. The highest BCUT2D eigenvalue weighted by atomic mass is 35.5. The second-order valence-electron chi connectivity index (χ2n) is 8.37. The number of hydrogen-bond acceptors (Lipinski definition) is 5. The number of carbonyl (C=O) groups is 1. The van der Waals surface area contributed by atoms with Gasteiger partial charge in [-0.2, -0.15) is 0 Å². The van der Waals surface area contributed by atoms with Gasteiger partial charge in [-0.25, -0.2) is 4.98 Å². The first-order valence-corrected chi connectivity index (χ1v) is 12.0. The van der Waals surface area contributed by atoms with Crippen LogP contribution in [0.3, 0.4) is 0 Å². The number of hydroxylamine groups is 3. The Bertz CT molecular complexity index is 1280. The van der Waals surface area contributed by atoms with Crippen molar-refractivity contribution in [2.75, 3.05) is 0 Å². The highest BCUT2D eigenvalue weighted by Crippen LogP contribution is 2.25. The number of rotatable bonds is 11. The van der Waals surface area contributed by atoms with Crippen LogP contribution < -0.4 is 10.2 Å². The molecule has 0 aliphatic heterocycles. The Morgan fingerprint density at radius 2 is 1.78 bits per heavy atom. The summed E-state index contributed by atoms with van der Waals surface area (Å²) < 4.78 is 5.93. The Morgan fingerprint density at radius 3 is 2.53 bits per heavy atom. The highest BCUT2D eigenvalue weighted by Gasteiger charge is 2.17. The second kappa shape index (κ2) is 12.5. The molecule has 3 aromatic carbocycles. The zero-order valence-electron chi connectivity index (χ0n) is 19.9. The van der Waals surface area contributed by atoms with E-state index in [1.54, 1.807) is 0 Å². The van der Waals surface area contributed by atoms with E-state index in [2.05, 4.69) is 10.5 Å². The number of pyridine rings is 1. The molecule has 4 aromatic rings. The Hall–Kier alpha value is -3.49. The number of benzene rings is 3. The maximum Gasteiger partial charge on any atom is 0.272 e. The summed E-state index contributed by atoms with van der Waals surface area (Å²) in [6, 6.07) is 26.8. The van der Waals surface area contributed by atoms with Gasteiger partial charge in [0.2, 0.25) is 0 Å². The maximum atomic E-state index is 11.3. The third kappa shape index (κ3) is 7.26. The van der Waals surface area contributed by atoms with Crippen molar-refractivity contribution in [3.05, 3.63) is 107 Å². The van der Waals surface area contributed by atoms with Crippen LogP contribution in [0.25, 0.3) is 10.9 Å². The summed E-state index contributed by atoms with van der Waals surface area (Å²) in [6.45, 7) is 1.53. The SMILES string of the molecule is CC(=O)N(O)O[N]C(CCCc1ccc(Cl)cc1)c1ccc(OCc2ccc3ccccc3n2)cc1. The van der Waals surface area contributed by atoms with Gasteiger partial charge < -0.3 is 4.74 Å². The van der Waals surface area contributed by atoms with Crippen LogP contribution in [0.5, 0.6) is 5.75 Å². The zero-order valence-corrected chi connectivity index (χ0v) is 20.6. The lowest BCUT2D eigenvalue weighted by Crippen LogP contribution is -2.30. The van der Waals surface area contributed by atoms with E-state index in [1.807, 2.05) is 84.9 Å². The summed E-state index contributed by atoms with van der Waals surface area (Å²) in [4.78, 5) is 20.8. The van der Waals surface area contributed by atoms with Crippen LogP contribution in [0.4, 0.5) is 0 Å². The number of hydrogen-bond donors (Lipinski definition) is 1. The third-order valence-corrected chi connectivity index (χ3v) is 5.94. The van der Waals surface area contributed by atoms with Gasteiger partial charge in [0.1, 0.15) is 12.4 Å². The first-order chi connectivity index (χ1) is 17.5. The van der Waals surface area contributed by atoms with E-state index < -0.39 is 5.91 Å². The van der Waals surface area contributed by atoms with Gasteiger partial charge in [0, 0.05) is 17.3 Å². The lowest BCUT2D eigenvalue weighted by Gasteiger charge is -2.19. The molecular weight excluding hydrogens is 478 g/mol. The van der Waals surface area contributed by atoms with Crippen LogP contribution in [-0.4, -0.2) is 21.3 Å². The number of amides is 1. The van der Waals surface area contributed by atoms with Crippen LogP contribution in [0.1, 0.15) is 42.6 Å². The summed E-state index contributed by atoms with van der Waals surface area (Å²) >= 11 is 5.96. The van der Waals surface area contributed by atoms with Gasteiger partial charge in [0.25, 0.3) is 5.91 Å². The number of ether oxygens (including phenoxy) is 1. The largest absolute Gasteiger partial charge is 0.487 e. The van der Waals surface area contributed by atoms with Crippen LogP contribution in [0, 0.1) is 0 Å². The van der Waals surface area contributed by atoms with Crippen LogP contribution in [0.2, 0.25) is 5.02 Å². The monoisotopic (exact) mass is 504 g/mol. The van der Waals surface area contributed by atoms with Gasteiger partial charge >= 0.3 is 0 Å². The van der Waals surface area contributed by atoms with Crippen LogP contribution in [-0.2, 0) is 22.8 Å². The number of para-hydroxylation sites is 1. The molecule has 185 valence electrons. The Labute approximate surface area is 215 Å². The minimum absolute atomic E-state index is 0.125. The van der Waals surface area contributed by atoms with E-state index in [0.29, 0.717) is 23.8 Å². The molecule has 1 aromatic heterocycles. The molecule has 4 rings (SSSR count). The van der Waals surface area contributed by atoms with E-state index in [4.69, 9.17) is 21.3 Å². The molecule has 0 saturated carbocycles. The number of aryl methyl sites for hydroxylation is 1. The standard InChI is InChI=1S/C28H27ClN3O4/c1-20(33)32(34)36-31-28(8-4-5-21-9-14-24(29)15-10-21)23-12-17-26(18-13-23)35-19-25-16-11-22-6-2-3-7-27(22)30-25/h2-3,6-7,9-18,28,34H,4-5,8,19H2,1H3. The Balaban J connectivity index is 1.37. The number of nitrogens with zero attached hydrogens (tertiary/aromatic N) is 3. The van der Waals surface area contributed by atoms with Crippen molar-refractivity contribution in [2.24, 2.45) is 0 Å². The van der Waals surface area contributed by atoms with Gasteiger partial charge in [-0.1, -0.05) is 70.8 Å². The average molecular weight is 505 g/mol. The quantitative estimate of drug-likeness (QED) is 0.193. The zero-order chi connectivity index (χ0) is 25.3. The van der Waals surface area contributed by atoms with E-state index >= 15 is 0 Å². The van der Waals surface area contributed by atoms with Gasteiger partial charge in [-0.05, 0) is 66.8 Å². The molecule has 0 saturated heterocycles. The topological polar surface area (TPSA) is 86.0 Å². The molecule has 1 N–H and O–H groups in total. The fourth-order valence-corrected chi connectivity index (χ4v) is 3.85. The molecule has 1 atom stereocenters. The van der Waals surface area contributed by atoms with Gasteiger partial charge in [-0.15, -0.1) is 4.94 Å². The van der Waals surface area contributed by atoms with Crippen molar-refractivity contribution < 1.29 is 19.7 Å². The lowest BCUT2D eigenvalue weighted by atomic mass is 9.99. The highest BCUT2D eigenvalue weighted by molar-refractivity contribution is 6.30. The first kappa shape index (κ1) is 25.6. The number of carbonyl (C=O) groups excluding carboxylic acids is 1. The van der Waals surface area contributed by atoms with Gasteiger partial charge in [0.05, 0.1) is 17.3 Å². The maximum absolute atomic E-state index is 11.3. The lowest BCUT2D eigenvalue weighted by molar-refractivity contribution is -0.350. The molecule has 0 spiro atoms. The van der Waals surface area contributed by atoms with E-state index in [-0.39, 0.29) is 11.3 Å². The van der Waals surface area contributed by atoms with Gasteiger partial charge in [-0.3, -0.25) is 10.0 Å². The molecule has 1 amide bonds. The fraction of sp³-hybridized carbons (Fsp3) is 0.214. The molecular formula is C28H27ClN3O4. The third-order valence-electron chi connectivity index (χ3n) is 5.69. The number of halogens is 1. The first-order valence-electron chi connectivity index (χ1n) is 11.7. The summed E-state index contributed by atoms with van der Waals surface area (Å²) in [5.74, 6) is 0.0341. The molecule has 0 fully saturated rings. The summed E-state index contributed by atoms with van der Waals surface area (Å²) in [6.07, 6.45) is 2.30. The van der Waals surface area contributed by atoms with Crippen molar-refractivity contribution in [1.29, 1.82) is 0 Å². The summed E-state index contributed by atoms with van der Waals surface area (Å²) in [5.41, 5.74) is 7.91. The van der Waals surface area contributed by atoms with Crippen molar-refractivity contribution in [3.63, 3.8) is 0 Å². The molecule has 36 heavy (non-hydrogen) atoms. The van der Waals surface area contributed by atoms with Crippen molar-refractivity contribution >= 4 is 28.4 Å². The minimum atomic E-state index is -0.662. The Morgan fingerprint density at radius 1 is 1.03 bits per heavy atom. The van der Waals surface area contributed by atoms with E-state index in [0.717, 1.165) is 40.6 Å². The average Bonchev–Trinajstić information content (AvgIpc) is 2.90. The summed E-state index contributed by atoms with van der Waals surface area (Å²) in [5, 5.41) is 11.5. The predicted octanol–water partition coefficient (Wildman–Crippen LogP) is 6.22. The van der Waals surface area contributed by atoms with Crippen LogP contribution >= 0.6 is 11.6 Å². The summed E-state index contributed by atoms with van der Waals surface area (Å²) in [7, 11) is 0. The van der Waals surface area contributed by atoms with E-state index in [9.17, 15) is 10.0 Å². The van der Waals surface area contributed by atoms with Gasteiger partial charge in [0.15, 0.2) is 0 Å². The fourth-order valence-electron chi connectivity index (χ4n) is 3.72. The smallest absolute Gasteiger partial charge is 0.272 e. The molecule has 1 radical (unpaired) electrons. The van der Waals surface area contributed by atoms with Crippen LogP contribution in [0.15, 0.2) is 84.9 Å². The number of fused-ring (bicyclic) bond motifs is 1. The molecule has 1 unspecified atom stereocenters. The van der Waals surface area contributed by atoms with E-state index in [1.165, 1.54) is 6.92 Å². The van der Waals surface area contributed by atoms with Crippen molar-refractivity contribution in [1.82, 2.24) is 15.7 Å². The Kier molecular flexibility index (Phi) is 8.86. The molecule has 0 aliphatic carbocycles. The molecule has 7 nitrogen and oxygen atoms in total. The molecule has 1 heterocycles. The van der Waals surface area contributed by atoms with Crippen molar-refractivity contribution in [3.8, 4) is 5.75 Å². The van der Waals surface area contributed by atoms with Crippen molar-refractivity contribution in [2.45, 2.75) is 38.8 Å².